The van der Waals surface area contributed by atoms with Gasteiger partial charge >= 0.3 is 0 Å². The number of rotatable bonds is 7. The van der Waals surface area contributed by atoms with Gasteiger partial charge in [-0.3, -0.25) is 9.78 Å². The van der Waals surface area contributed by atoms with Gasteiger partial charge in [0.05, 0.1) is 7.11 Å². The van der Waals surface area contributed by atoms with Gasteiger partial charge in [0.1, 0.15) is 11.4 Å². The summed E-state index contributed by atoms with van der Waals surface area (Å²) in [5.41, 5.74) is 5.27. The van der Waals surface area contributed by atoms with Crippen LogP contribution >= 0.6 is 0 Å². The van der Waals surface area contributed by atoms with Crippen molar-refractivity contribution in [1.29, 1.82) is 0 Å². The Labute approximate surface area is 165 Å². The van der Waals surface area contributed by atoms with Crippen molar-refractivity contribution >= 4 is 17.3 Å². The van der Waals surface area contributed by atoms with Gasteiger partial charge in [0, 0.05) is 24.1 Å². The molecule has 28 heavy (non-hydrogen) atoms. The SMILES string of the molecule is COc1ccccc1CCNc1ccnc(C(=O)Nc2c(C)cccc2C)c1. The van der Waals surface area contributed by atoms with Crippen molar-refractivity contribution in [2.45, 2.75) is 20.3 Å². The first-order valence-corrected chi connectivity index (χ1v) is 9.28. The van der Waals surface area contributed by atoms with Gasteiger partial charge in [-0.25, -0.2) is 0 Å². The van der Waals surface area contributed by atoms with Crippen molar-refractivity contribution in [3.63, 3.8) is 0 Å². The van der Waals surface area contributed by atoms with Gasteiger partial charge in [0.15, 0.2) is 0 Å². The highest BCUT2D eigenvalue weighted by atomic mass is 16.5. The van der Waals surface area contributed by atoms with Crippen LogP contribution in [-0.2, 0) is 6.42 Å². The highest BCUT2D eigenvalue weighted by Gasteiger charge is 2.11. The van der Waals surface area contributed by atoms with Crippen LogP contribution in [0.2, 0.25) is 0 Å². The van der Waals surface area contributed by atoms with Crippen LogP contribution in [-0.4, -0.2) is 24.5 Å². The maximum absolute atomic E-state index is 12.6. The van der Waals surface area contributed by atoms with E-state index in [9.17, 15) is 4.79 Å². The number of aryl methyl sites for hydroxylation is 2. The van der Waals surface area contributed by atoms with Crippen LogP contribution in [0.15, 0.2) is 60.8 Å². The number of amides is 1. The molecule has 0 bridgehead atoms. The predicted octanol–water partition coefficient (Wildman–Crippen LogP) is 4.61. The lowest BCUT2D eigenvalue weighted by Gasteiger charge is -2.12. The first kappa shape index (κ1) is 19.4. The van der Waals surface area contributed by atoms with Gasteiger partial charge in [-0.05, 0) is 55.2 Å². The van der Waals surface area contributed by atoms with Crippen molar-refractivity contribution in [3.8, 4) is 5.75 Å². The Morgan fingerprint density at radius 2 is 1.79 bits per heavy atom. The van der Waals surface area contributed by atoms with Gasteiger partial charge in [-0.1, -0.05) is 36.4 Å². The lowest BCUT2D eigenvalue weighted by molar-refractivity contribution is 0.102. The summed E-state index contributed by atoms with van der Waals surface area (Å²) in [6.45, 7) is 4.68. The summed E-state index contributed by atoms with van der Waals surface area (Å²) in [4.78, 5) is 16.8. The Morgan fingerprint density at radius 3 is 2.54 bits per heavy atom. The monoisotopic (exact) mass is 375 g/mol. The number of pyridine rings is 1. The summed E-state index contributed by atoms with van der Waals surface area (Å²) in [5, 5.41) is 6.32. The van der Waals surface area contributed by atoms with Gasteiger partial charge in [-0.15, -0.1) is 0 Å². The summed E-state index contributed by atoms with van der Waals surface area (Å²) in [6.07, 6.45) is 2.46. The van der Waals surface area contributed by atoms with E-state index in [2.05, 4.69) is 21.7 Å². The van der Waals surface area contributed by atoms with Crippen LogP contribution in [0.25, 0.3) is 0 Å². The molecule has 5 nitrogen and oxygen atoms in total. The Bertz CT molecular complexity index is 949. The zero-order valence-corrected chi connectivity index (χ0v) is 16.5. The topological polar surface area (TPSA) is 63.2 Å². The van der Waals surface area contributed by atoms with Crippen molar-refractivity contribution in [1.82, 2.24) is 4.98 Å². The molecule has 0 unspecified atom stereocenters. The van der Waals surface area contributed by atoms with E-state index in [0.717, 1.165) is 46.8 Å². The van der Waals surface area contributed by atoms with Gasteiger partial charge < -0.3 is 15.4 Å². The van der Waals surface area contributed by atoms with E-state index in [4.69, 9.17) is 4.74 Å². The number of carbonyl (C=O) groups is 1. The van der Waals surface area contributed by atoms with Crippen LogP contribution in [0.4, 0.5) is 11.4 Å². The molecule has 2 N–H and O–H groups in total. The Hall–Kier alpha value is -3.34. The van der Waals surface area contributed by atoms with E-state index < -0.39 is 0 Å². The van der Waals surface area contributed by atoms with Crippen LogP contribution in [0.3, 0.4) is 0 Å². The maximum atomic E-state index is 12.6. The molecule has 144 valence electrons. The molecule has 1 aromatic heterocycles. The van der Waals surface area contributed by atoms with Gasteiger partial charge in [0.25, 0.3) is 5.91 Å². The smallest absolute Gasteiger partial charge is 0.274 e. The molecule has 0 fully saturated rings. The van der Waals surface area contributed by atoms with Gasteiger partial charge in [0.2, 0.25) is 0 Å². The number of carbonyl (C=O) groups excluding carboxylic acids is 1. The molecular weight excluding hydrogens is 350 g/mol. The Kier molecular flexibility index (Phi) is 6.27. The van der Waals surface area contributed by atoms with Crippen molar-refractivity contribution in [2.24, 2.45) is 0 Å². The maximum Gasteiger partial charge on any atom is 0.274 e. The third kappa shape index (κ3) is 4.68. The quantitative estimate of drug-likeness (QED) is 0.633. The Balaban J connectivity index is 1.64. The zero-order chi connectivity index (χ0) is 19.9. The van der Waals surface area contributed by atoms with Gasteiger partial charge in [-0.2, -0.15) is 0 Å². The summed E-state index contributed by atoms with van der Waals surface area (Å²) < 4.78 is 5.38. The molecule has 1 amide bonds. The molecule has 0 saturated carbocycles. The fraction of sp³-hybridized carbons (Fsp3) is 0.217. The highest BCUT2D eigenvalue weighted by Crippen LogP contribution is 2.21. The predicted molar refractivity (Wildman–Crippen MR) is 113 cm³/mol. The number of nitrogens with one attached hydrogen (secondary N) is 2. The third-order valence-corrected chi connectivity index (χ3v) is 4.63. The molecule has 0 saturated heterocycles. The van der Waals surface area contributed by atoms with Crippen molar-refractivity contribution in [3.05, 3.63) is 83.2 Å². The van der Waals surface area contributed by atoms with E-state index >= 15 is 0 Å². The standard InChI is InChI=1S/C23H25N3O2/c1-16-7-6-8-17(2)22(16)26-23(27)20-15-19(12-14-25-20)24-13-11-18-9-4-5-10-21(18)28-3/h4-10,12,14-15H,11,13H2,1-3H3,(H,24,25)(H,26,27). The third-order valence-electron chi connectivity index (χ3n) is 4.63. The number of nitrogens with zero attached hydrogens (tertiary/aromatic N) is 1. The molecule has 1 heterocycles. The first-order chi connectivity index (χ1) is 13.6. The largest absolute Gasteiger partial charge is 0.496 e. The first-order valence-electron chi connectivity index (χ1n) is 9.28. The lowest BCUT2D eigenvalue weighted by atomic mass is 10.1. The van der Waals surface area contributed by atoms with Crippen molar-refractivity contribution in [2.75, 3.05) is 24.3 Å². The molecule has 3 aromatic rings. The summed E-state index contributed by atoms with van der Waals surface area (Å²) in [6, 6.07) is 17.5. The van der Waals surface area contributed by atoms with E-state index in [1.807, 2.05) is 56.3 Å². The average Bonchev–Trinajstić information content (AvgIpc) is 2.71. The van der Waals surface area contributed by atoms with Crippen molar-refractivity contribution < 1.29 is 9.53 Å². The number of aromatic nitrogens is 1. The molecular formula is C23H25N3O2. The molecule has 0 radical (unpaired) electrons. The normalized spacial score (nSPS) is 10.4. The molecule has 0 spiro atoms. The van der Waals surface area contributed by atoms with Crippen LogP contribution in [0.5, 0.6) is 5.75 Å². The van der Waals surface area contributed by atoms with Crippen LogP contribution in [0, 0.1) is 13.8 Å². The summed E-state index contributed by atoms with van der Waals surface area (Å²) in [7, 11) is 1.68. The number of benzene rings is 2. The molecule has 5 heteroatoms. The Morgan fingerprint density at radius 1 is 1.04 bits per heavy atom. The fourth-order valence-electron chi connectivity index (χ4n) is 3.10. The number of hydrogen-bond donors (Lipinski definition) is 2. The molecule has 3 rings (SSSR count). The molecule has 0 aliphatic rings. The second-order valence-electron chi connectivity index (χ2n) is 6.64. The molecule has 0 aliphatic carbocycles. The second-order valence-corrected chi connectivity index (χ2v) is 6.64. The van der Waals surface area contributed by atoms with E-state index in [1.54, 1.807) is 19.4 Å². The lowest BCUT2D eigenvalue weighted by Crippen LogP contribution is -2.16. The summed E-state index contributed by atoms with van der Waals surface area (Å²) >= 11 is 0. The molecule has 0 atom stereocenters. The number of anilines is 2. The molecule has 2 aromatic carbocycles. The van der Waals surface area contributed by atoms with E-state index in [0.29, 0.717) is 5.69 Å². The number of methoxy groups -OCH3 is 1. The number of hydrogen-bond acceptors (Lipinski definition) is 4. The highest BCUT2D eigenvalue weighted by molar-refractivity contribution is 6.04. The fourth-order valence-corrected chi connectivity index (χ4v) is 3.10. The van der Waals surface area contributed by atoms with Crippen LogP contribution in [0.1, 0.15) is 27.2 Å². The van der Waals surface area contributed by atoms with Crippen LogP contribution < -0.4 is 15.4 Å². The zero-order valence-electron chi connectivity index (χ0n) is 16.5. The molecule has 0 aliphatic heterocycles. The number of para-hydroxylation sites is 2. The minimum Gasteiger partial charge on any atom is -0.496 e. The second kappa shape index (κ2) is 9.04. The van der Waals surface area contributed by atoms with E-state index in [1.165, 1.54) is 0 Å². The minimum absolute atomic E-state index is 0.217. The summed E-state index contributed by atoms with van der Waals surface area (Å²) in [5.74, 6) is 0.665. The van der Waals surface area contributed by atoms with E-state index in [-0.39, 0.29) is 5.91 Å². The minimum atomic E-state index is -0.217. The average molecular weight is 375 g/mol. The number of ether oxygens (including phenoxy) is 1.